The van der Waals surface area contributed by atoms with Gasteiger partial charge in [-0.05, 0) is 114 Å². The highest BCUT2D eigenvalue weighted by atomic mass is 35.5. The Morgan fingerprint density at radius 3 is 1.91 bits per heavy atom. The Labute approximate surface area is 495 Å². The Hall–Kier alpha value is -10.1. The van der Waals surface area contributed by atoms with E-state index in [1.165, 1.54) is 54.6 Å². The van der Waals surface area contributed by atoms with E-state index in [2.05, 4.69) is 92.4 Å². The van der Waals surface area contributed by atoms with Crippen LogP contribution in [0.1, 0.15) is 28.7 Å². The molecule has 0 aliphatic heterocycles. The number of amides is 2. The van der Waals surface area contributed by atoms with Crippen LogP contribution in [0.2, 0.25) is 10.6 Å². The number of nitrogens with one attached hydrogen (secondary N) is 5. The van der Waals surface area contributed by atoms with E-state index >= 15 is 0 Å². The van der Waals surface area contributed by atoms with Crippen LogP contribution in [0.15, 0.2) is 178 Å². The number of nitrogens with zero attached hydrogens (tertiary/aromatic N) is 13. The molecule has 442 valence electrons. The number of aromatic nitrogens is 6. The molecule has 37 heteroatoms. The van der Waals surface area contributed by atoms with E-state index in [0.717, 1.165) is 36.4 Å². The zero-order chi connectivity index (χ0) is 61.9. The lowest BCUT2D eigenvalue weighted by Crippen LogP contribution is -2.19. The third kappa shape index (κ3) is 17.0. The second-order valence-corrected chi connectivity index (χ2v) is 22.4. The molecule has 0 saturated carbocycles. The van der Waals surface area contributed by atoms with Crippen LogP contribution in [-0.4, -0.2) is 103 Å². The average molecular weight is 1270 g/mol. The number of rotatable bonds is 22. The van der Waals surface area contributed by atoms with Gasteiger partial charge in [0.1, 0.15) is 33.5 Å². The van der Waals surface area contributed by atoms with Crippen molar-refractivity contribution in [3.8, 4) is 5.75 Å². The number of urea groups is 1. The summed E-state index contributed by atoms with van der Waals surface area (Å²) in [4.78, 5) is 47.2. The van der Waals surface area contributed by atoms with E-state index in [1.54, 1.807) is 36.4 Å². The van der Waals surface area contributed by atoms with E-state index < -0.39 is 57.9 Å². The fraction of sp³-hybridized carbons (Fsp3) is 0.0816. The maximum Gasteiger partial charge on any atom is 0.337 e. The summed E-state index contributed by atoms with van der Waals surface area (Å²) in [7, 11) is -14.3. The molecule has 0 aliphatic carbocycles. The van der Waals surface area contributed by atoms with Crippen molar-refractivity contribution in [1.29, 1.82) is 0 Å². The maximum absolute atomic E-state index is 12.5. The highest BCUT2D eigenvalue weighted by molar-refractivity contribution is 7.86. The van der Waals surface area contributed by atoms with E-state index in [-0.39, 0.29) is 121 Å². The number of anilines is 7. The number of nitrogens with two attached hydrogens (primary N) is 1. The zero-order valence-electron chi connectivity index (χ0n) is 43.5. The number of hydrogen-bond donors (Lipinski definition) is 11. The standard InChI is InChI=1S/C49H41Cl2N19O13S3/c1-25(24-53-47-59-45(51)61-49(62-47)56-37-22-31(85(78,79)80)23-38(41(37)71)68-70-42(26-7-3-2-4-8-26)69-65-33-10-6-5-9-32(33)43(72)73)19-40-57-44(50)60-48(58-40)54-28-13-17-34(36(20-28)55-46(52)74)66-67-35-18-14-29(21-39(35)86(81,82)83)64-63-27-11-15-30(16-12-27)84(75,76)77/h2-18,20-23,25,68,71H,19,24H2,1H3,(H,72,73)(H3,52,55,74)(H,75,76,77)(H,78,79,80)(H,81,82,83)(H,54,57,58,60)(H2,53,56,59,61,62). The van der Waals surface area contributed by atoms with Crippen LogP contribution >= 0.6 is 23.2 Å². The normalized spacial score (nSPS) is 12.6. The SMILES string of the molecule is CC(CNc1nc(Cl)nc(Nc2cc(S(=O)(=O)O)cc(NN=C(N=Nc3ccccc3C(=O)O)c3ccccc3)c2O)n1)Cc1nc(Cl)nc(Nc2ccc(N=Nc3ccc(N=Nc4ccc(S(=O)(=O)O)cc4)cc3S(=O)(=O)O)c(NC(N)=O)c2)n1. The van der Waals surface area contributed by atoms with Gasteiger partial charge in [-0.1, -0.05) is 49.4 Å². The van der Waals surface area contributed by atoms with Gasteiger partial charge < -0.3 is 37.2 Å². The Bertz CT molecular complexity index is 4400. The number of amidine groups is 1. The van der Waals surface area contributed by atoms with E-state index in [0.29, 0.717) is 5.56 Å². The lowest BCUT2D eigenvalue weighted by atomic mass is 10.1. The highest BCUT2D eigenvalue weighted by Crippen LogP contribution is 2.38. The van der Waals surface area contributed by atoms with Gasteiger partial charge in [-0.15, -0.1) is 20.5 Å². The zero-order valence-corrected chi connectivity index (χ0v) is 47.5. The fourth-order valence-electron chi connectivity index (χ4n) is 7.24. The molecule has 12 N–H and O–H groups in total. The molecule has 2 amide bonds. The van der Waals surface area contributed by atoms with Crippen molar-refractivity contribution in [2.24, 2.45) is 47.4 Å². The molecule has 32 nitrogen and oxygen atoms in total. The lowest BCUT2D eigenvalue weighted by Gasteiger charge is -2.15. The number of carboxylic acids is 1. The van der Waals surface area contributed by atoms with E-state index in [4.69, 9.17) is 28.9 Å². The van der Waals surface area contributed by atoms with Crippen molar-refractivity contribution in [1.82, 2.24) is 29.9 Å². The van der Waals surface area contributed by atoms with Crippen LogP contribution < -0.4 is 32.4 Å². The number of phenolic OH excluding ortho intramolecular Hbond substituents is 1. The molecular weight excluding hydrogens is 1230 g/mol. The van der Waals surface area contributed by atoms with Crippen molar-refractivity contribution in [2.75, 3.05) is 33.2 Å². The lowest BCUT2D eigenvalue weighted by molar-refractivity contribution is 0.0697. The summed E-state index contributed by atoms with van der Waals surface area (Å²) < 4.78 is 102. The Morgan fingerprint density at radius 1 is 0.605 bits per heavy atom. The summed E-state index contributed by atoms with van der Waals surface area (Å²) in [5.41, 5.74) is 7.35. The van der Waals surface area contributed by atoms with Gasteiger partial charge in [-0.3, -0.25) is 19.1 Å². The Morgan fingerprint density at radius 2 is 1.22 bits per heavy atom. The number of primary amides is 1. The first kappa shape index (κ1) is 61.9. The smallest absolute Gasteiger partial charge is 0.337 e. The molecular formula is C49H41Cl2N19O13S3. The molecule has 0 aliphatic rings. The third-order valence-corrected chi connectivity index (χ3v) is 14.1. The van der Waals surface area contributed by atoms with Crippen molar-refractivity contribution in [3.05, 3.63) is 155 Å². The molecule has 0 spiro atoms. The fourth-order valence-corrected chi connectivity index (χ4v) is 9.24. The number of carbonyl (C=O) groups excluding carboxylic acids is 1. The molecule has 0 bridgehead atoms. The van der Waals surface area contributed by atoms with Gasteiger partial charge in [0.05, 0.1) is 38.1 Å². The predicted octanol–water partition coefficient (Wildman–Crippen LogP) is 10.2. The van der Waals surface area contributed by atoms with Crippen LogP contribution in [0.25, 0.3) is 0 Å². The molecule has 2 aromatic heterocycles. The third-order valence-electron chi connectivity index (χ3n) is 11.1. The van der Waals surface area contributed by atoms with Crippen LogP contribution in [-0.2, 0) is 36.8 Å². The molecule has 1 atom stereocenters. The number of benzene rings is 6. The molecule has 0 fully saturated rings. The summed E-state index contributed by atoms with van der Waals surface area (Å²) in [5.74, 6) is -2.56. The van der Waals surface area contributed by atoms with Crippen molar-refractivity contribution < 1.29 is 58.7 Å². The van der Waals surface area contributed by atoms with Crippen LogP contribution in [0.5, 0.6) is 5.75 Å². The molecule has 8 aromatic rings. The highest BCUT2D eigenvalue weighted by Gasteiger charge is 2.22. The first-order valence-corrected chi connectivity index (χ1v) is 29.1. The van der Waals surface area contributed by atoms with Crippen LogP contribution in [0.4, 0.5) is 73.8 Å². The van der Waals surface area contributed by atoms with E-state index in [1.807, 2.05) is 6.92 Å². The van der Waals surface area contributed by atoms with Gasteiger partial charge in [-0.25, -0.2) is 14.6 Å². The number of carboxylic acid groups (broad SMARTS) is 1. The monoisotopic (exact) mass is 1270 g/mol. The maximum atomic E-state index is 12.5. The number of aromatic hydroxyl groups is 1. The second kappa shape index (κ2) is 26.6. The number of carbonyl (C=O) groups is 2. The first-order valence-electron chi connectivity index (χ1n) is 24.0. The van der Waals surface area contributed by atoms with Crippen LogP contribution in [0.3, 0.4) is 0 Å². The largest absolute Gasteiger partial charge is 0.504 e. The number of hydrogen-bond acceptors (Lipinski definition) is 25. The molecule has 0 saturated heterocycles. The van der Waals surface area contributed by atoms with Crippen LogP contribution in [0, 0.1) is 5.92 Å². The van der Waals surface area contributed by atoms with Crippen molar-refractivity contribution in [3.63, 3.8) is 0 Å². The average Bonchev–Trinajstić information content (AvgIpc) is 1.92. The van der Waals surface area contributed by atoms with Gasteiger partial charge in [0.15, 0.2) is 5.75 Å². The molecule has 1 unspecified atom stereocenters. The van der Waals surface area contributed by atoms with Gasteiger partial charge in [0.25, 0.3) is 30.4 Å². The minimum Gasteiger partial charge on any atom is -0.504 e. The van der Waals surface area contributed by atoms with Gasteiger partial charge >= 0.3 is 12.0 Å². The van der Waals surface area contributed by atoms with Gasteiger partial charge in [0, 0.05) is 24.2 Å². The number of azo groups is 3. The van der Waals surface area contributed by atoms with E-state index in [9.17, 15) is 58.7 Å². The molecule has 6 aromatic carbocycles. The first-order chi connectivity index (χ1) is 40.7. The summed E-state index contributed by atoms with van der Waals surface area (Å²) in [5, 5.41) is 59.7. The summed E-state index contributed by atoms with van der Waals surface area (Å²) in [6.07, 6.45) is 0.169. The van der Waals surface area contributed by atoms with Gasteiger partial charge in [0.2, 0.25) is 34.2 Å². The minimum absolute atomic E-state index is 0.00263. The second-order valence-electron chi connectivity index (χ2n) is 17.5. The summed E-state index contributed by atoms with van der Waals surface area (Å²) in [6.45, 7) is 1.95. The topological polar surface area (TPSA) is 488 Å². The number of halogens is 2. The van der Waals surface area contributed by atoms with Crippen molar-refractivity contribution >= 4 is 140 Å². The predicted molar refractivity (Wildman–Crippen MR) is 311 cm³/mol. The Balaban J connectivity index is 0.945. The summed E-state index contributed by atoms with van der Waals surface area (Å²) >= 11 is 12.6. The quantitative estimate of drug-likeness (QED) is 0.00750. The molecule has 86 heavy (non-hydrogen) atoms. The van der Waals surface area contributed by atoms with Crippen molar-refractivity contribution in [2.45, 2.75) is 28.0 Å². The molecule has 2 heterocycles. The number of hydrazone groups is 1. The number of phenols is 1. The molecule has 0 radical (unpaired) electrons. The number of aromatic carboxylic acids is 1. The summed E-state index contributed by atoms with van der Waals surface area (Å²) in [6, 6.07) is 27.0. The Kier molecular flexibility index (Phi) is 19.2. The van der Waals surface area contributed by atoms with Gasteiger partial charge in [-0.2, -0.15) is 65.5 Å². The minimum atomic E-state index is -4.95. The molecule has 8 rings (SSSR count).